The topological polar surface area (TPSA) is 433 Å². The second-order valence-electron chi connectivity index (χ2n) is 17.5. The van der Waals surface area contributed by atoms with Crippen LogP contribution in [0.4, 0.5) is 0 Å². The zero-order valence-electron chi connectivity index (χ0n) is 43.0. The summed E-state index contributed by atoms with van der Waals surface area (Å²) in [7, 11) is 2.98. The molecule has 410 valence electrons. The fraction of sp³-hybridized carbons (Fsp3) is 0.542. The molecule has 0 saturated carbocycles. The lowest BCUT2D eigenvalue weighted by Crippen LogP contribution is -2.56. The average Bonchev–Trinajstić information content (AvgIpc) is 3.33. The predicted molar refractivity (Wildman–Crippen MR) is 273 cm³/mol. The van der Waals surface area contributed by atoms with E-state index in [1.165, 1.54) is 27.0 Å². The van der Waals surface area contributed by atoms with Crippen molar-refractivity contribution in [1.29, 1.82) is 0 Å². The highest BCUT2D eigenvalue weighted by atomic mass is 16.5. The van der Waals surface area contributed by atoms with Gasteiger partial charge in [-0.3, -0.25) is 48.3 Å². The van der Waals surface area contributed by atoms with Crippen LogP contribution < -0.4 is 60.2 Å². The lowest BCUT2D eigenvalue weighted by molar-refractivity contribution is -0.144. The highest BCUT2D eigenvalue weighted by Gasteiger charge is 2.33. The van der Waals surface area contributed by atoms with Crippen molar-refractivity contribution in [2.75, 3.05) is 27.2 Å². The molecule has 1 aromatic carbocycles. The number of hydrogen-bond acceptors (Lipinski definition) is 13. The third-order valence-electron chi connectivity index (χ3n) is 11.3. The highest BCUT2D eigenvalue weighted by Crippen LogP contribution is 2.18. The molecule has 17 N–H and O–H groups in total. The number of rotatable bonds is 34. The minimum atomic E-state index is -1.94. The largest absolute Gasteiger partial charge is 0.480 e. The van der Waals surface area contributed by atoms with Crippen LogP contribution in [0.1, 0.15) is 85.1 Å². The molecule has 0 aromatic heterocycles. The Hall–Kier alpha value is -7.90. The number of hydrogen-bond donors (Lipinski definition) is 13. The predicted octanol–water partition coefficient (Wildman–Crippen LogP) is -2.27. The van der Waals surface area contributed by atoms with E-state index in [4.69, 9.17) is 27.7 Å². The number of aliphatic imine (C=N–C) groups is 2. The Bertz CT molecular complexity index is 2210. The maximum atomic E-state index is 14.3. The van der Waals surface area contributed by atoms with Crippen molar-refractivity contribution < 1.29 is 62.9 Å². The molecule has 0 aliphatic heterocycles. The Morgan fingerprint density at radius 2 is 1.19 bits per heavy atom. The van der Waals surface area contributed by atoms with Crippen LogP contribution in [0.5, 0.6) is 0 Å². The number of methoxy groups -OCH3 is 1. The molecular weight excluding hydrogens is 967 g/mol. The smallest absolute Gasteiger partial charge is 0.326 e. The molecule has 0 heterocycles. The number of ether oxygens (including phenoxy) is 1. The molecule has 74 heavy (non-hydrogen) atoms. The van der Waals surface area contributed by atoms with Gasteiger partial charge < -0.3 is 75.1 Å². The van der Waals surface area contributed by atoms with Crippen LogP contribution in [0.3, 0.4) is 0 Å². The van der Waals surface area contributed by atoms with Crippen molar-refractivity contribution in [1.82, 2.24) is 37.2 Å². The summed E-state index contributed by atoms with van der Waals surface area (Å²) in [6, 6.07) is 0.895. The second kappa shape index (κ2) is 33.7. The number of benzene rings is 1. The maximum absolute atomic E-state index is 14.3. The first-order chi connectivity index (χ1) is 34.8. The van der Waals surface area contributed by atoms with E-state index in [9.17, 15) is 58.2 Å². The molecule has 0 aliphatic rings. The van der Waals surface area contributed by atoms with Crippen LogP contribution in [0.25, 0.3) is 0 Å². The van der Waals surface area contributed by atoms with Gasteiger partial charge in [0.1, 0.15) is 30.2 Å². The number of nitrogens with one attached hydrogen (secondary N) is 7. The number of ketones is 1. The van der Waals surface area contributed by atoms with Gasteiger partial charge in [0.15, 0.2) is 11.9 Å². The Morgan fingerprint density at radius 1 is 0.662 bits per heavy atom. The van der Waals surface area contributed by atoms with Gasteiger partial charge in [0.05, 0.1) is 24.5 Å². The molecule has 0 aliphatic carbocycles. The minimum Gasteiger partial charge on any atom is -0.480 e. The second-order valence-corrected chi connectivity index (χ2v) is 17.5. The van der Waals surface area contributed by atoms with Gasteiger partial charge in [-0.2, -0.15) is 0 Å². The molecule has 0 fully saturated rings. The Balaban J connectivity index is 3.60. The molecule has 9 unspecified atom stereocenters. The fourth-order valence-electron chi connectivity index (χ4n) is 7.01. The molecule has 26 nitrogen and oxygen atoms in total. The number of aliphatic carboxylic acids is 2. The number of allylic oxidation sites excluding steroid dienone is 2. The molecule has 7 amide bonds. The summed E-state index contributed by atoms with van der Waals surface area (Å²) < 4.78 is 5.80. The van der Waals surface area contributed by atoms with Crippen LogP contribution in [-0.2, 0) is 59.1 Å². The normalized spacial score (nSPS) is 14.9. The lowest BCUT2D eigenvalue weighted by Gasteiger charge is -2.27. The summed E-state index contributed by atoms with van der Waals surface area (Å²) in [4.78, 5) is 136. The summed E-state index contributed by atoms with van der Waals surface area (Å²) in [5.41, 5.74) is 23.5. The Kier molecular flexibility index (Phi) is 29.2. The van der Waals surface area contributed by atoms with E-state index in [1.807, 2.05) is 43.3 Å². The first-order valence-corrected chi connectivity index (χ1v) is 23.8. The number of amides is 7. The molecule has 0 radical (unpaired) electrons. The molecule has 0 saturated heterocycles. The molecule has 0 spiro atoms. The number of carboxylic acid groups (broad SMARTS) is 2. The number of carboxylic acids is 2. The van der Waals surface area contributed by atoms with Crippen LogP contribution in [0, 0.1) is 11.8 Å². The summed E-state index contributed by atoms with van der Waals surface area (Å²) in [6.45, 7) is 7.38. The standard InChI is InChI=1S/C48H75N13O13/c1-26(23-27(2)37(74-7)24-31-13-9-8-10-14-31)17-18-32(28(3)40(65)60-35(45(70)71)19-20-38(63)53-6)58-43(68)33(15-11-21-54-47(49)50)57-39(64)25-36(46(72)73)61-44(69)34(16-12-22-55-48(51)52)59-41(66)29(4)56-42(67)30(5)62/h8-10,13-14,17-18,23,27-29,32-37H,11-12,15-16,19-22,24-25H2,1-7H3,(H,53,63)(H,56,67)(H,57,64)(H,58,68)(H,59,66)(H,60,65)(H,61,69)(H,70,71)(H,72,73)(H4,49,50,54)(H4,51,52,55). The number of guanidine groups is 2. The van der Waals surface area contributed by atoms with Crippen molar-refractivity contribution >= 4 is 71.0 Å². The number of nitrogens with two attached hydrogens (primary N) is 4. The Morgan fingerprint density at radius 3 is 1.70 bits per heavy atom. The van der Waals surface area contributed by atoms with Crippen LogP contribution >= 0.6 is 0 Å². The van der Waals surface area contributed by atoms with E-state index in [-0.39, 0.29) is 75.6 Å². The van der Waals surface area contributed by atoms with Crippen molar-refractivity contribution in [3.8, 4) is 0 Å². The van der Waals surface area contributed by atoms with E-state index < -0.39 is 108 Å². The van der Waals surface area contributed by atoms with E-state index in [0.29, 0.717) is 12.0 Å². The number of Topliss-reactive ketones (excluding diaryl/α,β-unsaturated/α-hetero) is 1. The molecule has 1 rings (SSSR count). The highest BCUT2D eigenvalue weighted by molar-refractivity contribution is 6.35. The summed E-state index contributed by atoms with van der Waals surface area (Å²) in [5.74, 6) is -12.0. The first kappa shape index (κ1) is 64.1. The van der Waals surface area contributed by atoms with Gasteiger partial charge in [-0.1, -0.05) is 68.0 Å². The van der Waals surface area contributed by atoms with Crippen molar-refractivity contribution in [2.24, 2.45) is 44.8 Å². The third-order valence-corrected chi connectivity index (χ3v) is 11.3. The van der Waals surface area contributed by atoms with Gasteiger partial charge in [0, 0.05) is 46.5 Å². The molecule has 9 atom stereocenters. The van der Waals surface area contributed by atoms with Gasteiger partial charge in [-0.25, -0.2) is 9.59 Å². The number of carbonyl (C=O) groups is 10. The van der Waals surface area contributed by atoms with Gasteiger partial charge >= 0.3 is 11.9 Å². The van der Waals surface area contributed by atoms with Gasteiger partial charge in [-0.05, 0) is 57.9 Å². The minimum absolute atomic E-state index is 0.00238. The molecule has 26 heteroatoms. The van der Waals surface area contributed by atoms with E-state index >= 15 is 0 Å². The molecular formula is C48H75N13O13. The third kappa shape index (κ3) is 25.5. The zero-order valence-corrected chi connectivity index (χ0v) is 43.0. The average molecular weight is 1040 g/mol. The summed E-state index contributed by atoms with van der Waals surface area (Å²) >= 11 is 0. The van der Waals surface area contributed by atoms with Gasteiger partial charge in [0.25, 0.3) is 5.91 Å². The van der Waals surface area contributed by atoms with Crippen LogP contribution in [0.15, 0.2) is 64.1 Å². The van der Waals surface area contributed by atoms with E-state index in [2.05, 4.69) is 47.2 Å². The van der Waals surface area contributed by atoms with E-state index in [1.54, 1.807) is 20.1 Å². The van der Waals surface area contributed by atoms with Crippen molar-refractivity contribution in [2.45, 2.75) is 128 Å². The number of nitrogens with zero attached hydrogens (tertiary/aromatic N) is 2. The molecule has 0 bridgehead atoms. The Labute approximate surface area is 430 Å². The van der Waals surface area contributed by atoms with E-state index in [0.717, 1.165) is 12.5 Å². The summed E-state index contributed by atoms with van der Waals surface area (Å²) in [5, 5.41) is 36.9. The number of carbonyl (C=O) groups excluding carboxylic acids is 8. The first-order valence-electron chi connectivity index (χ1n) is 23.8. The fourth-order valence-corrected chi connectivity index (χ4v) is 7.01. The van der Waals surface area contributed by atoms with Crippen LogP contribution in [-0.4, -0.2) is 151 Å². The van der Waals surface area contributed by atoms with Crippen molar-refractivity contribution in [3.63, 3.8) is 0 Å². The van der Waals surface area contributed by atoms with Gasteiger partial charge in [0.2, 0.25) is 41.2 Å². The molecule has 1 aromatic rings. The monoisotopic (exact) mass is 1040 g/mol. The van der Waals surface area contributed by atoms with Gasteiger partial charge in [-0.15, -0.1) is 0 Å². The quantitative estimate of drug-likeness (QED) is 0.0114. The lowest BCUT2D eigenvalue weighted by atomic mass is 9.94. The van der Waals surface area contributed by atoms with Crippen molar-refractivity contribution in [3.05, 3.63) is 59.7 Å². The summed E-state index contributed by atoms with van der Waals surface area (Å²) in [6.07, 6.45) is 3.94. The zero-order chi connectivity index (χ0) is 56.1. The SMILES string of the molecule is CNC(=O)CCC(NC(=O)C(C)C(C=CC(C)=CC(C)C(Cc1ccccc1)OC)NC(=O)C(CCCN=C(N)N)NC(=O)CC(NC(=O)C(CCCN=C(N)N)NC(=O)C(C)NC(=O)C(C)=O)C(=O)O)C(=O)O. The maximum Gasteiger partial charge on any atom is 0.326 e. The van der Waals surface area contributed by atoms with Crippen LogP contribution in [0.2, 0.25) is 0 Å².